The van der Waals surface area contributed by atoms with Crippen molar-refractivity contribution in [3.05, 3.63) is 0 Å². The number of hydrogen-bond donors (Lipinski definition) is 1. The Morgan fingerprint density at radius 1 is 1.50 bits per heavy atom. The predicted molar refractivity (Wildman–Crippen MR) is 55.4 cm³/mol. The highest BCUT2D eigenvalue weighted by Gasteiger charge is 2.37. The third-order valence-electron chi connectivity index (χ3n) is 2.82. The van der Waals surface area contributed by atoms with Crippen LogP contribution in [0.2, 0.25) is 0 Å². The van der Waals surface area contributed by atoms with E-state index >= 15 is 0 Å². The van der Waals surface area contributed by atoms with Gasteiger partial charge in [0.1, 0.15) is 0 Å². The normalized spacial score (nSPS) is 32.0. The van der Waals surface area contributed by atoms with E-state index in [2.05, 4.69) is 6.92 Å². The Labute approximate surface area is 86.0 Å². The van der Waals surface area contributed by atoms with E-state index in [0.717, 1.165) is 6.42 Å². The van der Waals surface area contributed by atoms with Gasteiger partial charge < -0.3 is 5.11 Å². The lowest BCUT2D eigenvalue weighted by atomic mass is 10.1. The molecule has 0 spiro atoms. The van der Waals surface area contributed by atoms with Gasteiger partial charge in [0, 0.05) is 12.6 Å². The number of sulfonamides is 1. The van der Waals surface area contributed by atoms with Crippen molar-refractivity contribution < 1.29 is 13.5 Å². The fourth-order valence-corrected chi connectivity index (χ4v) is 3.64. The molecule has 84 valence electrons. The molecule has 5 heteroatoms. The highest BCUT2D eigenvalue weighted by molar-refractivity contribution is 7.89. The zero-order valence-corrected chi connectivity index (χ0v) is 9.79. The Kier molecular flexibility index (Phi) is 3.55. The summed E-state index contributed by atoms with van der Waals surface area (Å²) in [6, 6.07) is 0.0731. The van der Waals surface area contributed by atoms with E-state index < -0.39 is 15.3 Å². The lowest BCUT2D eigenvalue weighted by Gasteiger charge is -2.24. The minimum atomic E-state index is -3.29. The van der Waals surface area contributed by atoms with Crippen molar-refractivity contribution >= 4 is 10.0 Å². The molecule has 1 heterocycles. The summed E-state index contributed by atoms with van der Waals surface area (Å²) in [6.07, 6.45) is 0.914. The molecule has 3 unspecified atom stereocenters. The first-order valence-corrected chi connectivity index (χ1v) is 6.51. The second-order valence-corrected chi connectivity index (χ2v) is 6.60. The summed E-state index contributed by atoms with van der Waals surface area (Å²) >= 11 is 0. The van der Waals surface area contributed by atoms with Gasteiger partial charge in [0.05, 0.1) is 11.9 Å². The highest BCUT2D eigenvalue weighted by Crippen LogP contribution is 2.26. The topological polar surface area (TPSA) is 57.6 Å². The molecule has 0 amide bonds. The second-order valence-electron chi connectivity index (χ2n) is 4.30. The van der Waals surface area contributed by atoms with Crippen molar-refractivity contribution in [3.63, 3.8) is 0 Å². The monoisotopic (exact) mass is 221 g/mol. The van der Waals surface area contributed by atoms with E-state index in [-0.39, 0.29) is 12.6 Å². The van der Waals surface area contributed by atoms with Crippen molar-refractivity contribution in [2.45, 2.75) is 38.5 Å². The van der Waals surface area contributed by atoms with Gasteiger partial charge in [0.25, 0.3) is 0 Å². The molecule has 0 saturated carbocycles. The fourth-order valence-electron chi connectivity index (χ4n) is 1.94. The van der Waals surface area contributed by atoms with E-state index in [4.69, 9.17) is 5.11 Å². The summed E-state index contributed by atoms with van der Waals surface area (Å²) in [6.45, 7) is 5.81. The zero-order valence-electron chi connectivity index (χ0n) is 8.97. The minimum Gasteiger partial charge on any atom is -0.395 e. The molecule has 1 aliphatic heterocycles. The Balaban J connectivity index is 2.83. The molecule has 14 heavy (non-hydrogen) atoms. The van der Waals surface area contributed by atoms with Crippen molar-refractivity contribution in [2.24, 2.45) is 5.92 Å². The number of aliphatic hydroxyl groups excluding tert-OH is 1. The third kappa shape index (κ3) is 2.10. The fraction of sp³-hybridized carbons (Fsp3) is 1.00. The van der Waals surface area contributed by atoms with Gasteiger partial charge in [0.2, 0.25) is 10.0 Å². The lowest BCUT2D eigenvalue weighted by Crippen LogP contribution is -2.41. The number of nitrogens with zero attached hydrogens (tertiary/aromatic N) is 1. The predicted octanol–water partition coefficient (Wildman–Crippen LogP) is 0.427. The van der Waals surface area contributed by atoms with Gasteiger partial charge in [0.15, 0.2) is 0 Å². The van der Waals surface area contributed by atoms with E-state index in [1.807, 2.05) is 6.92 Å². The van der Waals surface area contributed by atoms with Gasteiger partial charge in [-0.1, -0.05) is 6.92 Å². The first-order valence-electron chi connectivity index (χ1n) is 5.01. The standard InChI is InChI=1S/C9H19NO3S/c1-7-4-8(2)10(5-7)14(12,13)9(3)6-11/h7-9,11H,4-6H2,1-3H3. The van der Waals surface area contributed by atoms with E-state index in [1.54, 1.807) is 6.92 Å². The minimum absolute atomic E-state index is 0.0731. The average Bonchev–Trinajstić information content (AvgIpc) is 2.44. The van der Waals surface area contributed by atoms with Gasteiger partial charge in [-0.3, -0.25) is 0 Å². The van der Waals surface area contributed by atoms with Gasteiger partial charge in [-0.25, -0.2) is 8.42 Å². The summed E-state index contributed by atoms with van der Waals surface area (Å²) in [4.78, 5) is 0. The van der Waals surface area contributed by atoms with Crippen LogP contribution >= 0.6 is 0 Å². The largest absolute Gasteiger partial charge is 0.395 e. The van der Waals surface area contributed by atoms with Gasteiger partial charge in [-0.2, -0.15) is 4.31 Å². The molecular weight excluding hydrogens is 202 g/mol. The smallest absolute Gasteiger partial charge is 0.219 e. The van der Waals surface area contributed by atoms with Crippen LogP contribution in [0.5, 0.6) is 0 Å². The molecule has 0 aromatic heterocycles. The molecule has 0 aliphatic carbocycles. The van der Waals surface area contributed by atoms with Crippen molar-refractivity contribution in [2.75, 3.05) is 13.2 Å². The molecule has 3 atom stereocenters. The van der Waals surface area contributed by atoms with Gasteiger partial charge in [-0.15, -0.1) is 0 Å². The summed E-state index contributed by atoms with van der Waals surface area (Å²) < 4.78 is 25.3. The second kappa shape index (κ2) is 4.16. The van der Waals surface area contributed by atoms with Crippen LogP contribution < -0.4 is 0 Å². The van der Waals surface area contributed by atoms with Crippen LogP contribution in [0.3, 0.4) is 0 Å². The lowest BCUT2D eigenvalue weighted by molar-refractivity contribution is 0.288. The molecular formula is C9H19NO3S. The summed E-state index contributed by atoms with van der Waals surface area (Å²) in [5.41, 5.74) is 0. The van der Waals surface area contributed by atoms with Crippen molar-refractivity contribution in [3.8, 4) is 0 Å². The molecule has 1 rings (SSSR count). The van der Waals surface area contributed by atoms with Crippen molar-refractivity contribution in [1.29, 1.82) is 0 Å². The van der Waals surface area contributed by atoms with Gasteiger partial charge in [-0.05, 0) is 26.2 Å². The van der Waals surface area contributed by atoms with Crippen molar-refractivity contribution in [1.82, 2.24) is 4.31 Å². The average molecular weight is 221 g/mol. The Morgan fingerprint density at radius 3 is 2.43 bits per heavy atom. The first kappa shape index (κ1) is 11.9. The van der Waals surface area contributed by atoms with E-state index in [1.165, 1.54) is 4.31 Å². The molecule has 1 saturated heterocycles. The Hall–Kier alpha value is -0.130. The summed E-state index contributed by atoms with van der Waals surface area (Å²) in [5, 5.41) is 8.19. The van der Waals surface area contributed by atoms with Crippen LogP contribution in [0.4, 0.5) is 0 Å². The summed E-state index contributed by atoms with van der Waals surface area (Å²) in [7, 11) is -3.29. The van der Waals surface area contributed by atoms with Crippen LogP contribution in [0.25, 0.3) is 0 Å². The van der Waals surface area contributed by atoms with E-state index in [0.29, 0.717) is 12.5 Å². The maximum Gasteiger partial charge on any atom is 0.219 e. The van der Waals surface area contributed by atoms with E-state index in [9.17, 15) is 8.42 Å². The number of aliphatic hydroxyl groups is 1. The molecule has 4 nitrogen and oxygen atoms in total. The molecule has 0 aromatic rings. The van der Waals surface area contributed by atoms with Crippen LogP contribution in [0, 0.1) is 5.92 Å². The summed E-state index contributed by atoms with van der Waals surface area (Å²) in [5.74, 6) is 0.422. The molecule has 1 N–H and O–H groups in total. The Bertz CT molecular complexity index is 288. The molecule has 0 bridgehead atoms. The SMILES string of the molecule is CC1CC(C)N(S(=O)(=O)C(C)CO)C1. The number of hydrogen-bond acceptors (Lipinski definition) is 3. The first-order chi connectivity index (χ1) is 6.39. The molecule has 1 aliphatic rings. The van der Waals surface area contributed by atoms with Gasteiger partial charge >= 0.3 is 0 Å². The maximum absolute atomic E-state index is 11.9. The van der Waals surface area contributed by atoms with Crippen LogP contribution in [-0.2, 0) is 10.0 Å². The molecule has 1 fully saturated rings. The molecule has 0 radical (unpaired) electrons. The maximum atomic E-state index is 11.9. The highest BCUT2D eigenvalue weighted by atomic mass is 32.2. The number of rotatable bonds is 3. The zero-order chi connectivity index (χ0) is 10.9. The Morgan fingerprint density at radius 2 is 2.07 bits per heavy atom. The molecule has 0 aromatic carbocycles. The third-order valence-corrected chi connectivity index (χ3v) is 5.15. The van der Waals surface area contributed by atoms with Crippen LogP contribution in [0.15, 0.2) is 0 Å². The van der Waals surface area contributed by atoms with Crippen LogP contribution in [-0.4, -0.2) is 42.3 Å². The van der Waals surface area contributed by atoms with Crippen LogP contribution in [0.1, 0.15) is 27.2 Å². The quantitative estimate of drug-likeness (QED) is 0.752.